The summed E-state index contributed by atoms with van der Waals surface area (Å²) < 4.78 is 16.1. The van der Waals surface area contributed by atoms with Gasteiger partial charge in [0.15, 0.2) is 5.82 Å². The van der Waals surface area contributed by atoms with Crippen LogP contribution in [0.25, 0.3) is 22.0 Å². The third-order valence-electron chi connectivity index (χ3n) is 7.38. The van der Waals surface area contributed by atoms with Gasteiger partial charge in [0.25, 0.3) is 0 Å². The van der Waals surface area contributed by atoms with Crippen molar-refractivity contribution in [3.8, 4) is 16.9 Å². The van der Waals surface area contributed by atoms with Crippen molar-refractivity contribution in [2.45, 2.75) is 31.0 Å². The Kier molecular flexibility index (Phi) is 5.28. The van der Waals surface area contributed by atoms with E-state index in [9.17, 15) is 5.11 Å². The first-order valence-electron chi connectivity index (χ1n) is 11.8. The van der Waals surface area contributed by atoms with E-state index in [1.165, 1.54) is 6.07 Å². The molecule has 178 valence electrons. The first-order chi connectivity index (χ1) is 16.4. The monoisotopic (exact) mass is 482 g/mol. The van der Waals surface area contributed by atoms with E-state index in [4.69, 9.17) is 21.6 Å². The van der Waals surface area contributed by atoms with E-state index in [0.717, 1.165) is 44.8 Å². The molecule has 2 N–H and O–H groups in total. The molecule has 0 radical (unpaired) electrons. The highest BCUT2D eigenvalue weighted by Gasteiger charge is 2.36. The number of nitrogens with one attached hydrogen (secondary N) is 1. The molecular formula is C25H28ClFN6O. The number of hydrogen-bond donors (Lipinski definition) is 2. The van der Waals surface area contributed by atoms with Gasteiger partial charge >= 0.3 is 0 Å². The summed E-state index contributed by atoms with van der Waals surface area (Å²) in [5.41, 5.74) is 1.03. The molecule has 3 aliphatic heterocycles. The lowest BCUT2D eigenvalue weighted by Gasteiger charge is -2.43. The number of likely N-dealkylation sites (N-methyl/N-ethyl adjacent to an activating group) is 1. The van der Waals surface area contributed by atoms with E-state index in [1.54, 1.807) is 24.3 Å². The molecule has 3 fully saturated rings. The number of nitrogens with zero attached hydrogens (tertiary/aromatic N) is 5. The summed E-state index contributed by atoms with van der Waals surface area (Å²) in [5.74, 6) is 0.869. The molecule has 0 amide bonds. The molecule has 0 spiro atoms. The second kappa shape index (κ2) is 8.22. The lowest BCUT2D eigenvalue weighted by Crippen LogP contribution is -2.58. The molecule has 7 nitrogen and oxygen atoms in total. The molecule has 4 heterocycles. The van der Waals surface area contributed by atoms with Crippen LogP contribution in [-0.2, 0) is 0 Å². The minimum absolute atomic E-state index is 0.0590. The van der Waals surface area contributed by atoms with Crippen LogP contribution in [0.2, 0.25) is 5.02 Å². The van der Waals surface area contributed by atoms with Crippen LogP contribution >= 0.6 is 11.6 Å². The summed E-state index contributed by atoms with van der Waals surface area (Å²) in [6.45, 7) is 3.27. The number of phenolic OH excluding ortho intramolecular Hbond substituents is 1. The third-order valence-corrected chi connectivity index (χ3v) is 7.68. The van der Waals surface area contributed by atoms with Gasteiger partial charge in [0, 0.05) is 55.3 Å². The Hall–Kier alpha value is -2.68. The van der Waals surface area contributed by atoms with Crippen molar-refractivity contribution in [2.75, 3.05) is 50.1 Å². The van der Waals surface area contributed by atoms with E-state index in [2.05, 4.69) is 34.1 Å². The zero-order valence-corrected chi connectivity index (χ0v) is 20.1. The molecule has 2 bridgehead atoms. The van der Waals surface area contributed by atoms with Crippen LogP contribution in [0.15, 0.2) is 30.3 Å². The molecular weight excluding hydrogens is 455 g/mol. The standard InChI is InChI=1S/C25H28ClFN6O/c1-31(2)17-12-33(13-17)25-29-23-19(24(30-25)32-10-15-6-7-16(11-32)28-15)9-20(26)21(22(23)27)14-4-3-5-18(34)8-14/h3-5,8-9,15-17,28,34H,6-7,10-13H2,1-2H3/t15-,16+. The van der Waals surface area contributed by atoms with Gasteiger partial charge in [-0.3, -0.25) is 0 Å². The summed E-state index contributed by atoms with van der Waals surface area (Å²) in [6.07, 6.45) is 2.29. The van der Waals surface area contributed by atoms with E-state index in [-0.39, 0.29) is 21.9 Å². The van der Waals surface area contributed by atoms with Crippen LogP contribution in [0.5, 0.6) is 5.75 Å². The highest BCUT2D eigenvalue weighted by atomic mass is 35.5. The Bertz CT molecular complexity index is 1250. The van der Waals surface area contributed by atoms with Crippen LogP contribution in [-0.4, -0.2) is 78.4 Å². The topological polar surface area (TPSA) is 67.8 Å². The van der Waals surface area contributed by atoms with Crippen molar-refractivity contribution in [2.24, 2.45) is 0 Å². The molecule has 34 heavy (non-hydrogen) atoms. The van der Waals surface area contributed by atoms with Gasteiger partial charge < -0.3 is 25.1 Å². The zero-order chi connectivity index (χ0) is 23.6. The van der Waals surface area contributed by atoms with Crippen LogP contribution in [0.4, 0.5) is 16.2 Å². The fourth-order valence-corrected chi connectivity index (χ4v) is 5.69. The largest absolute Gasteiger partial charge is 0.508 e. The number of fused-ring (bicyclic) bond motifs is 3. The summed E-state index contributed by atoms with van der Waals surface area (Å²) in [4.78, 5) is 16.2. The number of aromatic nitrogens is 2. The zero-order valence-electron chi connectivity index (χ0n) is 19.3. The lowest BCUT2D eigenvalue weighted by molar-refractivity contribution is 0.245. The van der Waals surface area contributed by atoms with Crippen LogP contribution in [0.3, 0.4) is 0 Å². The molecule has 3 aliphatic rings. The molecule has 2 atom stereocenters. The predicted octanol–water partition coefficient (Wildman–Crippen LogP) is 3.49. The average Bonchev–Trinajstić information content (AvgIpc) is 3.10. The van der Waals surface area contributed by atoms with Gasteiger partial charge in [-0.25, -0.2) is 9.37 Å². The number of halogens is 2. The first kappa shape index (κ1) is 21.8. The second-order valence-corrected chi connectivity index (χ2v) is 10.3. The fraction of sp³-hybridized carbons (Fsp3) is 0.440. The normalized spacial score (nSPS) is 22.6. The molecule has 9 heteroatoms. The van der Waals surface area contributed by atoms with E-state index in [1.807, 2.05) is 0 Å². The molecule has 6 rings (SSSR count). The molecule has 3 aromatic rings. The van der Waals surface area contributed by atoms with Gasteiger partial charge in [0.05, 0.1) is 5.02 Å². The maximum Gasteiger partial charge on any atom is 0.228 e. The summed E-state index contributed by atoms with van der Waals surface area (Å²) in [5, 5.41) is 14.5. The van der Waals surface area contributed by atoms with E-state index < -0.39 is 5.82 Å². The number of hydrogen-bond acceptors (Lipinski definition) is 7. The Labute approximate surface area is 203 Å². The van der Waals surface area contributed by atoms with Crippen LogP contribution in [0.1, 0.15) is 12.8 Å². The predicted molar refractivity (Wildman–Crippen MR) is 133 cm³/mol. The molecule has 2 aromatic carbocycles. The number of aromatic hydroxyl groups is 1. The maximum absolute atomic E-state index is 16.1. The number of phenols is 1. The number of rotatable bonds is 4. The van der Waals surface area contributed by atoms with Gasteiger partial charge in [0.1, 0.15) is 17.1 Å². The first-order valence-corrected chi connectivity index (χ1v) is 12.2. The Morgan fingerprint density at radius 3 is 2.47 bits per heavy atom. The van der Waals surface area contributed by atoms with Gasteiger partial charge in [-0.15, -0.1) is 0 Å². The SMILES string of the molecule is CN(C)C1CN(c2nc(N3C[C@H]4CC[C@@H](C3)N4)c3cc(Cl)c(-c4cccc(O)c4)c(F)c3n2)C1. The highest BCUT2D eigenvalue weighted by molar-refractivity contribution is 6.34. The van der Waals surface area contributed by atoms with Crippen molar-refractivity contribution >= 4 is 34.3 Å². The van der Waals surface area contributed by atoms with Crippen LogP contribution in [0, 0.1) is 5.82 Å². The molecule has 0 unspecified atom stereocenters. The van der Waals surface area contributed by atoms with Crippen molar-refractivity contribution in [3.05, 3.63) is 41.2 Å². The average molecular weight is 483 g/mol. The van der Waals surface area contributed by atoms with Gasteiger partial charge in [-0.1, -0.05) is 23.7 Å². The van der Waals surface area contributed by atoms with E-state index >= 15 is 4.39 Å². The summed E-state index contributed by atoms with van der Waals surface area (Å²) >= 11 is 6.65. The summed E-state index contributed by atoms with van der Waals surface area (Å²) in [6, 6.07) is 9.53. The molecule has 1 aromatic heterocycles. The van der Waals surface area contributed by atoms with Gasteiger partial charge in [-0.2, -0.15) is 4.98 Å². The highest BCUT2D eigenvalue weighted by Crippen LogP contribution is 2.40. The quantitative estimate of drug-likeness (QED) is 0.590. The Morgan fingerprint density at radius 2 is 1.79 bits per heavy atom. The number of anilines is 2. The van der Waals surface area contributed by atoms with Crippen molar-refractivity contribution in [1.29, 1.82) is 0 Å². The molecule has 0 aliphatic carbocycles. The van der Waals surface area contributed by atoms with Crippen molar-refractivity contribution in [3.63, 3.8) is 0 Å². The van der Waals surface area contributed by atoms with Gasteiger partial charge in [0.2, 0.25) is 5.95 Å². The van der Waals surface area contributed by atoms with Crippen molar-refractivity contribution < 1.29 is 9.50 Å². The minimum atomic E-state index is -0.485. The smallest absolute Gasteiger partial charge is 0.228 e. The van der Waals surface area contributed by atoms with E-state index in [0.29, 0.717) is 35.0 Å². The number of benzene rings is 2. The Morgan fingerprint density at radius 1 is 1.06 bits per heavy atom. The molecule has 3 saturated heterocycles. The third kappa shape index (κ3) is 3.65. The number of piperazine rings is 1. The minimum Gasteiger partial charge on any atom is -0.508 e. The summed E-state index contributed by atoms with van der Waals surface area (Å²) in [7, 11) is 4.13. The van der Waals surface area contributed by atoms with Gasteiger partial charge in [-0.05, 0) is 50.7 Å². The maximum atomic E-state index is 16.1. The lowest BCUT2D eigenvalue weighted by atomic mass is 10.0. The second-order valence-electron chi connectivity index (χ2n) is 9.91. The van der Waals surface area contributed by atoms with Crippen molar-refractivity contribution in [1.82, 2.24) is 20.2 Å². The fourth-order valence-electron chi connectivity index (χ4n) is 5.39. The molecule has 0 saturated carbocycles. The van der Waals surface area contributed by atoms with Crippen LogP contribution < -0.4 is 15.1 Å². The Balaban J connectivity index is 1.51.